The third kappa shape index (κ3) is 1.42. The van der Waals surface area contributed by atoms with Crippen molar-refractivity contribution in [2.45, 2.75) is 32.2 Å². The topological polar surface area (TPSA) is 22.1 Å². The Morgan fingerprint density at radius 2 is 2.13 bits per heavy atom. The third-order valence-corrected chi connectivity index (χ3v) is 2.69. The molecular formula is C10H10F3NO. The van der Waals surface area contributed by atoms with E-state index < -0.39 is 11.8 Å². The number of hydrogen-bond acceptors (Lipinski definition) is 2. The second-order valence-electron chi connectivity index (χ2n) is 3.80. The van der Waals surface area contributed by atoms with Gasteiger partial charge in [-0.3, -0.25) is 4.98 Å². The standard InChI is InChI=1S/C10H10F3NO/c1-6-3-8-7(4-14-6)5-15-9(8,2)10(11,12)13/h3-4H,5H2,1-2H3. The van der Waals surface area contributed by atoms with E-state index in [1.165, 1.54) is 12.3 Å². The molecule has 0 saturated carbocycles. The molecule has 5 heteroatoms. The molecule has 0 spiro atoms. The van der Waals surface area contributed by atoms with E-state index in [0.29, 0.717) is 11.3 Å². The molecule has 0 fully saturated rings. The molecular weight excluding hydrogens is 207 g/mol. The predicted octanol–water partition coefficient (Wildman–Crippen LogP) is 2.70. The summed E-state index contributed by atoms with van der Waals surface area (Å²) in [5.41, 5.74) is -0.923. The van der Waals surface area contributed by atoms with E-state index in [4.69, 9.17) is 4.74 Å². The van der Waals surface area contributed by atoms with Crippen LogP contribution >= 0.6 is 0 Å². The van der Waals surface area contributed by atoms with Crippen LogP contribution in [0.3, 0.4) is 0 Å². The van der Waals surface area contributed by atoms with Crippen molar-refractivity contribution < 1.29 is 17.9 Å². The summed E-state index contributed by atoms with van der Waals surface area (Å²) >= 11 is 0. The molecule has 2 heterocycles. The van der Waals surface area contributed by atoms with E-state index in [2.05, 4.69) is 4.98 Å². The summed E-state index contributed by atoms with van der Waals surface area (Å²) in [5.74, 6) is 0. The molecule has 1 unspecified atom stereocenters. The maximum atomic E-state index is 12.8. The van der Waals surface area contributed by atoms with Crippen molar-refractivity contribution in [3.63, 3.8) is 0 Å². The van der Waals surface area contributed by atoms with Gasteiger partial charge in [-0.05, 0) is 19.9 Å². The first-order valence-electron chi connectivity index (χ1n) is 4.51. The van der Waals surface area contributed by atoms with Gasteiger partial charge in [0, 0.05) is 23.0 Å². The Labute approximate surface area is 85.1 Å². The van der Waals surface area contributed by atoms with Gasteiger partial charge in [-0.1, -0.05) is 0 Å². The molecule has 1 aromatic rings. The second kappa shape index (κ2) is 2.95. The highest BCUT2D eigenvalue weighted by molar-refractivity contribution is 5.35. The van der Waals surface area contributed by atoms with E-state index in [0.717, 1.165) is 6.92 Å². The summed E-state index contributed by atoms with van der Waals surface area (Å²) in [6.45, 7) is 2.69. The third-order valence-electron chi connectivity index (χ3n) is 2.69. The van der Waals surface area contributed by atoms with Crippen molar-refractivity contribution in [2.75, 3.05) is 0 Å². The van der Waals surface area contributed by atoms with Crippen molar-refractivity contribution in [1.82, 2.24) is 4.98 Å². The maximum absolute atomic E-state index is 12.8. The van der Waals surface area contributed by atoms with E-state index in [9.17, 15) is 13.2 Å². The van der Waals surface area contributed by atoms with Crippen molar-refractivity contribution in [3.8, 4) is 0 Å². The average Bonchev–Trinajstić information content (AvgIpc) is 2.44. The lowest BCUT2D eigenvalue weighted by atomic mass is 9.94. The molecule has 1 aromatic heterocycles. The Balaban J connectivity index is 2.56. The van der Waals surface area contributed by atoms with Crippen LogP contribution in [0.1, 0.15) is 23.7 Å². The van der Waals surface area contributed by atoms with Crippen molar-refractivity contribution in [2.24, 2.45) is 0 Å². The van der Waals surface area contributed by atoms with Crippen LogP contribution in [-0.4, -0.2) is 11.2 Å². The number of hydrogen-bond donors (Lipinski definition) is 0. The zero-order valence-corrected chi connectivity index (χ0v) is 8.35. The Kier molecular flexibility index (Phi) is 2.05. The molecule has 1 aliphatic heterocycles. The molecule has 0 aromatic carbocycles. The minimum Gasteiger partial charge on any atom is -0.356 e. The summed E-state index contributed by atoms with van der Waals surface area (Å²) < 4.78 is 43.3. The van der Waals surface area contributed by atoms with Gasteiger partial charge >= 0.3 is 6.18 Å². The molecule has 1 aliphatic rings. The van der Waals surface area contributed by atoms with Crippen LogP contribution in [-0.2, 0) is 16.9 Å². The molecule has 0 bridgehead atoms. The van der Waals surface area contributed by atoms with Gasteiger partial charge in [0.2, 0.25) is 0 Å². The van der Waals surface area contributed by atoms with Crippen LogP contribution in [0.2, 0.25) is 0 Å². The second-order valence-corrected chi connectivity index (χ2v) is 3.80. The van der Waals surface area contributed by atoms with E-state index in [1.54, 1.807) is 6.92 Å². The highest BCUT2D eigenvalue weighted by Gasteiger charge is 2.57. The molecule has 0 N–H and O–H groups in total. The smallest absolute Gasteiger partial charge is 0.356 e. The lowest BCUT2D eigenvalue weighted by molar-refractivity contribution is -0.272. The van der Waals surface area contributed by atoms with Crippen LogP contribution in [0.15, 0.2) is 12.3 Å². The summed E-state index contributed by atoms with van der Waals surface area (Å²) in [6, 6.07) is 1.44. The number of rotatable bonds is 0. The van der Waals surface area contributed by atoms with Crippen LogP contribution in [0.25, 0.3) is 0 Å². The van der Waals surface area contributed by atoms with Crippen molar-refractivity contribution >= 4 is 0 Å². The van der Waals surface area contributed by atoms with Gasteiger partial charge in [0.15, 0.2) is 5.60 Å². The molecule has 0 radical (unpaired) electrons. The van der Waals surface area contributed by atoms with Crippen LogP contribution in [0.4, 0.5) is 13.2 Å². The molecule has 15 heavy (non-hydrogen) atoms. The van der Waals surface area contributed by atoms with E-state index >= 15 is 0 Å². The number of alkyl halides is 3. The van der Waals surface area contributed by atoms with Gasteiger partial charge in [0.1, 0.15) is 0 Å². The Morgan fingerprint density at radius 1 is 1.47 bits per heavy atom. The van der Waals surface area contributed by atoms with Gasteiger partial charge in [-0.15, -0.1) is 0 Å². The molecule has 82 valence electrons. The number of pyridine rings is 1. The zero-order chi connectivity index (χ0) is 11.3. The Hall–Kier alpha value is -1.10. The summed E-state index contributed by atoms with van der Waals surface area (Å²) in [4.78, 5) is 3.95. The lowest BCUT2D eigenvalue weighted by Gasteiger charge is -2.27. The van der Waals surface area contributed by atoms with Gasteiger partial charge in [-0.25, -0.2) is 0 Å². The zero-order valence-electron chi connectivity index (χ0n) is 8.35. The molecule has 0 aliphatic carbocycles. The van der Waals surface area contributed by atoms with Crippen LogP contribution in [0, 0.1) is 6.92 Å². The van der Waals surface area contributed by atoms with E-state index in [1.807, 2.05) is 0 Å². The fourth-order valence-corrected chi connectivity index (χ4v) is 1.68. The Bertz CT molecular complexity index is 402. The first-order valence-corrected chi connectivity index (χ1v) is 4.51. The first kappa shape index (κ1) is 10.4. The van der Waals surface area contributed by atoms with Gasteiger partial charge in [0.05, 0.1) is 6.61 Å². The molecule has 1 atom stereocenters. The number of ether oxygens (including phenoxy) is 1. The van der Waals surface area contributed by atoms with Gasteiger partial charge in [0.25, 0.3) is 0 Å². The fraction of sp³-hybridized carbons (Fsp3) is 0.500. The van der Waals surface area contributed by atoms with Gasteiger partial charge in [-0.2, -0.15) is 13.2 Å². The highest BCUT2D eigenvalue weighted by atomic mass is 19.4. The first-order chi connectivity index (χ1) is 6.84. The molecule has 0 amide bonds. The molecule has 0 saturated heterocycles. The van der Waals surface area contributed by atoms with Crippen molar-refractivity contribution in [3.05, 3.63) is 29.1 Å². The van der Waals surface area contributed by atoms with Crippen LogP contribution < -0.4 is 0 Å². The number of aromatic nitrogens is 1. The number of fused-ring (bicyclic) bond motifs is 1. The largest absolute Gasteiger partial charge is 0.421 e. The minimum absolute atomic E-state index is 0.0291. The maximum Gasteiger partial charge on any atom is 0.421 e. The normalized spacial score (nSPS) is 25.4. The Morgan fingerprint density at radius 3 is 2.73 bits per heavy atom. The quantitative estimate of drug-likeness (QED) is 0.666. The number of halogens is 3. The highest BCUT2D eigenvalue weighted by Crippen LogP contribution is 2.47. The minimum atomic E-state index is -4.40. The molecule has 2 rings (SSSR count). The van der Waals surface area contributed by atoms with Gasteiger partial charge < -0.3 is 4.74 Å². The van der Waals surface area contributed by atoms with E-state index in [-0.39, 0.29) is 12.2 Å². The summed E-state index contributed by atoms with van der Waals surface area (Å²) in [5, 5.41) is 0. The van der Waals surface area contributed by atoms with Crippen molar-refractivity contribution in [1.29, 1.82) is 0 Å². The lowest BCUT2D eigenvalue weighted by Crippen LogP contribution is -2.39. The fourth-order valence-electron chi connectivity index (χ4n) is 1.68. The monoisotopic (exact) mass is 217 g/mol. The summed E-state index contributed by atoms with van der Waals surface area (Å²) in [6.07, 6.45) is -2.95. The molecule has 2 nitrogen and oxygen atoms in total. The average molecular weight is 217 g/mol. The summed E-state index contributed by atoms with van der Waals surface area (Å²) in [7, 11) is 0. The SMILES string of the molecule is Cc1cc2c(cn1)COC2(C)C(F)(F)F. The number of aryl methyl sites for hydroxylation is 1. The van der Waals surface area contributed by atoms with Crippen LogP contribution in [0.5, 0.6) is 0 Å². The number of nitrogens with zero attached hydrogens (tertiary/aromatic N) is 1. The predicted molar refractivity (Wildman–Crippen MR) is 47.2 cm³/mol.